The van der Waals surface area contributed by atoms with Gasteiger partial charge in [-0.25, -0.2) is 19.2 Å². The van der Waals surface area contributed by atoms with Gasteiger partial charge in [-0.15, -0.1) is 0 Å². The highest BCUT2D eigenvalue weighted by Gasteiger charge is 2.12. The van der Waals surface area contributed by atoms with Crippen molar-refractivity contribution in [2.24, 2.45) is 10.2 Å². The van der Waals surface area contributed by atoms with Crippen LogP contribution in [0.5, 0.6) is 23.0 Å². The van der Waals surface area contributed by atoms with Gasteiger partial charge in [0.2, 0.25) is 0 Å². The SMILES string of the molecule is B/C(=N\N=C(/CCCC)c1ccc(OC(=O)c2ccc(OCCCCOC(=O)C=C)cc2)cc1)c1ccc(OC(=O)c2ccc(OCCCCOC(=O)C=C)cc2)cc1. The van der Waals surface area contributed by atoms with Crippen molar-refractivity contribution < 1.29 is 47.6 Å². The molecular weight excluding hydrogens is 751 g/mol. The van der Waals surface area contributed by atoms with Gasteiger partial charge in [0.15, 0.2) is 7.85 Å². The van der Waals surface area contributed by atoms with Crippen molar-refractivity contribution in [1.82, 2.24) is 0 Å². The molecule has 0 heterocycles. The van der Waals surface area contributed by atoms with E-state index in [0.717, 1.165) is 41.8 Å². The van der Waals surface area contributed by atoms with Crippen LogP contribution in [0.15, 0.2) is 133 Å². The van der Waals surface area contributed by atoms with E-state index in [1.165, 1.54) is 0 Å². The number of carbonyl (C=O) groups is 4. The largest absolute Gasteiger partial charge is 0.494 e. The standard InChI is InChI=1S/C46H49BN2O10/c1-4-7-12-41(33-13-25-39(26-14-33)58-45(52)35-17-21-37(22-18-35)54-29-8-10-31-56-42(50)5-2)48-49-44(47)34-15-27-40(28-16-34)59-46(53)36-19-23-38(24-20-36)55-30-9-11-32-57-43(51)6-3/h5-6,13-28H,2-4,7-12,29-32,47H2,1H3/b48-41+,49-44-. The highest BCUT2D eigenvalue weighted by Crippen LogP contribution is 2.20. The molecule has 0 saturated carbocycles. The summed E-state index contributed by atoms with van der Waals surface area (Å²) in [6.07, 6.45) is 7.60. The molecule has 0 aliphatic rings. The van der Waals surface area contributed by atoms with Gasteiger partial charge in [0.25, 0.3) is 0 Å². The minimum absolute atomic E-state index is 0.304. The predicted octanol–water partition coefficient (Wildman–Crippen LogP) is 7.88. The van der Waals surface area contributed by atoms with Crippen LogP contribution in [0.1, 0.15) is 83.7 Å². The molecule has 0 fully saturated rings. The lowest BCUT2D eigenvalue weighted by Gasteiger charge is -2.09. The zero-order valence-electron chi connectivity index (χ0n) is 33.6. The molecule has 0 atom stereocenters. The number of carbonyl (C=O) groups excluding carboxylic acids is 4. The first kappa shape index (κ1) is 45.0. The van der Waals surface area contributed by atoms with E-state index in [9.17, 15) is 19.2 Å². The second-order valence-corrected chi connectivity index (χ2v) is 13.1. The Balaban J connectivity index is 1.26. The van der Waals surface area contributed by atoms with Crippen LogP contribution in [-0.2, 0) is 19.1 Å². The van der Waals surface area contributed by atoms with E-state index in [4.69, 9.17) is 28.4 Å². The zero-order valence-corrected chi connectivity index (χ0v) is 33.6. The normalized spacial score (nSPS) is 11.2. The molecule has 0 N–H and O–H groups in total. The van der Waals surface area contributed by atoms with Gasteiger partial charge in [-0.1, -0.05) is 38.6 Å². The molecule has 306 valence electrons. The number of unbranched alkanes of at least 4 members (excludes halogenated alkanes) is 3. The summed E-state index contributed by atoms with van der Waals surface area (Å²) in [6, 6.07) is 27.6. The van der Waals surface area contributed by atoms with Crippen molar-refractivity contribution in [3.05, 3.63) is 145 Å². The van der Waals surface area contributed by atoms with E-state index >= 15 is 0 Å². The molecule has 4 rings (SSSR count). The number of esters is 4. The van der Waals surface area contributed by atoms with Crippen molar-refractivity contribution in [3.8, 4) is 23.0 Å². The Morgan fingerprint density at radius 1 is 0.525 bits per heavy atom. The van der Waals surface area contributed by atoms with Gasteiger partial charge in [-0.3, -0.25) is 0 Å². The number of hydrogen-bond acceptors (Lipinski definition) is 12. The van der Waals surface area contributed by atoms with Gasteiger partial charge in [-0.2, -0.15) is 10.2 Å². The average Bonchev–Trinajstić information content (AvgIpc) is 3.26. The number of hydrogen-bond donors (Lipinski definition) is 0. The number of rotatable bonds is 24. The first-order valence-electron chi connectivity index (χ1n) is 19.5. The van der Waals surface area contributed by atoms with Crippen molar-refractivity contribution in [2.45, 2.75) is 51.9 Å². The van der Waals surface area contributed by atoms with Crippen LogP contribution >= 0.6 is 0 Å². The van der Waals surface area contributed by atoms with Crippen molar-refractivity contribution in [2.75, 3.05) is 26.4 Å². The monoisotopic (exact) mass is 800 g/mol. The topological polar surface area (TPSA) is 148 Å². The van der Waals surface area contributed by atoms with Crippen molar-refractivity contribution in [1.29, 1.82) is 0 Å². The zero-order chi connectivity index (χ0) is 42.2. The summed E-state index contributed by atoms with van der Waals surface area (Å²) in [6.45, 7) is 10.3. The van der Waals surface area contributed by atoms with E-state index in [1.807, 2.05) is 32.1 Å². The van der Waals surface area contributed by atoms with Gasteiger partial charge < -0.3 is 28.4 Å². The van der Waals surface area contributed by atoms with Crippen LogP contribution in [0.2, 0.25) is 0 Å². The number of benzene rings is 4. The molecule has 0 radical (unpaired) electrons. The van der Waals surface area contributed by atoms with Crippen LogP contribution in [-0.4, -0.2) is 69.5 Å². The van der Waals surface area contributed by atoms with E-state index in [0.29, 0.717) is 98.3 Å². The lowest BCUT2D eigenvalue weighted by Crippen LogP contribution is -2.09. The van der Waals surface area contributed by atoms with Gasteiger partial charge in [0, 0.05) is 17.8 Å². The molecule has 0 bridgehead atoms. The molecule has 12 nitrogen and oxygen atoms in total. The van der Waals surface area contributed by atoms with E-state index in [1.54, 1.807) is 72.8 Å². The lowest BCUT2D eigenvalue weighted by molar-refractivity contribution is -0.138. The number of ether oxygens (including phenoxy) is 6. The van der Waals surface area contributed by atoms with Crippen LogP contribution < -0.4 is 18.9 Å². The molecule has 0 amide bonds. The molecule has 13 heteroatoms. The van der Waals surface area contributed by atoms with Gasteiger partial charge >= 0.3 is 23.9 Å². The first-order chi connectivity index (χ1) is 28.7. The molecule has 0 aromatic heterocycles. The molecule has 4 aromatic rings. The van der Waals surface area contributed by atoms with Crippen molar-refractivity contribution >= 4 is 43.0 Å². The lowest BCUT2D eigenvalue weighted by atomic mass is 9.93. The summed E-state index contributed by atoms with van der Waals surface area (Å²) >= 11 is 0. The molecule has 4 aromatic carbocycles. The van der Waals surface area contributed by atoms with Crippen LogP contribution in [0.3, 0.4) is 0 Å². The molecule has 0 spiro atoms. The maximum atomic E-state index is 12.8. The van der Waals surface area contributed by atoms with E-state index < -0.39 is 23.9 Å². The molecule has 59 heavy (non-hydrogen) atoms. The summed E-state index contributed by atoms with van der Waals surface area (Å²) < 4.78 is 32.5. The second kappa shape index (κ2) is 24.8. The third-order valence-corrected chi connectivity index (χ3v) is 8.59. The fourth-order valence-corrected chi connectivity index (χ4v) is 5.23. The fourth-order valence-electron chi connectivity index (χ4n) is 5.23. The van der Waals surface area contributed by atoms with Gasteiger partial charge in [-0.05, 0) is 135 Å². The Morgan fingerprint density at radius 2 is 0.915 bits per heavy atom. The summed E-state index contributed by atoms with van der Waals surface area (Å²) in [4.78, 5) is 47.8. The van der Waals surface area contributed by atoms with E-state index in [2.05, 4.69) is 30.3 Å². The van der Waals surface area contributed by atoms with Crippen LogP contribution in [0.25, 0.3) is 0 Å². The summed E-state index contributed by atoms with van der Waals surface area (Å²) in [5.41, 5.74) is 3.91. The molecular formula is C46H49BN2O10. The molecule has 0 aliphatic heterocycles. The molecule has 0 saturated heterocycles. The second-order valence-electron chi connectivity index (χ2n) is 13.1. The average molecular weight is 801 g/mol. The summed E-state index contributed by atoms with van der Waals surface area (Å²) in [7, 11) is 1.86. The van der Waals surface area contributed by atoms with Crippen molar-refractivity contribution in [3.63, 3.8) is 0 Å². The Labute approximate surface area is 345 Å². The molecule has 0 unspecified atom stereocenters. The highest BCUT2D eigenvalue weighted by molar-refractivity contribution is 6.64. The minimum Gasteiger partial charge on any atom is -0.494 e. The number of nitrogens with zero attached hydrogens (tertiary/aromatic N) is 2. The third-order valence-electron chi connectivity index (χ3n) is 8.59. The quantitative estimate of drug-likeness (QED) is 0.0130. The highest BCUT2D eigenvalue weighted by atomic mass is 16.5. The predicted molar refractivity (Wildman–Crippen MR) is 229 cm³/mol. The van der Waals surface area contributed by atoms with Crippen LogP contribution in [0.4, 0.5) is 0 Å². The summed E-state index contributed by atoms with van der Waals surface area (Å²) in [5.74, 6) is 0.128. The Hall–Kier alpha value is -6.76. The minimum atomic E-state index is -0.500. The first-order valence-corrected chi connectivity index (χ1v) is 19.5. The van der Waals surface area contributed by atoms with Gasteiger partial charge in [0.05, 0.1) is 43.3 Å². The van der Waals surface area contributed by atoms with Gasteiger partial charge in [0.1, 0.15) is 23.0 Å². The maximum absolute atomic E-state index is 12.8. The smallest absolute Gasteiger partial charge is 0.343 e. The maximum Gasteiger partial charge on any atom is 0.343 e. The Bertz CT molecular complexity index is 2060. The summed E-state index contributed by atoms with van der Waals surface area (Å²) in [5, 5.41) is 9.12. The Morgan fingerprint density at radius 3 is 1.34 bits per heavy atom. The Kier molecular flexibility index (Phi) is 18.9. The fraction of sp³-hybridized carbons (Fsp3) is 0.261. The van der Waals surface area contributed by atoms with E-state index in [-0.39, 0.29) is 0 Å². The van der Waals surface area contributed by atoms with Crippen LogP contribution in [0, 0.1) is 0 Å². The third kappa shape index (κ3) is 16.0. The molecule has 0 aliphatic carbocycles.